The molecule has 0 fully saturated rings. The maximum Gasteiger partial charge on any atom is 0.226 e. The summed E-state index contributed by atoms with van der Waals surface area (Å²) in [5, 5.41) is 7.50. The zero-order valence-corrected chi connectivity index (χ0v) is 35.8. The van der Waals surface area contributed by atoms with Crippen molar-refractivity contribution >= 4 is 72.2 Å². The molecular formula is C59H37ClN4O. The van der Waals surface area contributed by atoms with E-state index in [2.05, 4.69) is 167 Å². The van der Waals surface area contributed by atoms with Crippen LogP contribution in [0.2, 0.25) is 5.28 Å². The number of halogens is 1. The summed E-state index contributed by atoms with van der Waals surface area (Å²) in [5.74, 6) is 1.06. The lowest BCUT2D eigenvalue weighted by Gasteiger charge is -2.15. The molecule has 5 nitrogen and oxygen atoms in total. The third-order valence-corrected chi connectivity index (χ3v) is 13.3. The molecule has 306 valence electrons. The van der Waals surface area contributed by atoms with Gasteiger partial charge in [-0.1, -0.05) is 176 Å². The molecule has 0 radical (unpaired) electrons. The van der Waals surface area contributed by atoms with Gasteiger partial charge in [-0.2, -0.15) is 9.97 Å². The molecule has 1 aliphatic carbocycles. The first-order valence-corrected chi connectivity index (χ1v) is 22.4. The summed E-state index contributed by atoms with van der Waals surface area (Å²) in [6.07, 6.45) is 6.73. The molecule has 0 spiro atoms. The number of allylic oxidation sites excluding steroid dienone is 1. The zero-order valence-electron chi connectivity index (χ0n) is 35.0. The van der Waals surface area contributed by atoms with Crippen LogP contribution in [0.15, 0.2) is 192 Å². The highest BCUT2D eigenvalue weighted by atomic mass is 35.5. The minimum atomic E-state index is 0.156. The van der Waals surface area contributed by atoms with Crippen molar-refractivity contribution in [3.8, 4) is 67.3 Å². The van der Waals surface area contributed by atoms with Gasteiger partial charge in [0.15, 0.2) is 11.6 Å². The van der Waals surface area contributed by atoms with Gasteiger partial charge in [-0.05, 0) is 92.4 Å². The topological polar surface area (TPSA) is 67.6 Å². The minimum absolute atomic E-state index is 0.156. The first-order valence-electron chi connectivity index (χ1n) is 22.0. The summed E-state index contributed by atoms with van der Waals surface area (Å²) in [6.45, 7) is 0. The highest BCUT2D eigenvalue weighted by molar-refractivity contribution is 6.28. The number of fused-ring (bicyclic) bond motifs is 11. The first kappa shape index (κ1) is 37.4. The SMILES string of the molecule is Clc1nc(-c2ccc(-c3ccccc3)cc2)nc(-c2ccc(-c3cccc(-c4ccc5oc6c(-c7cccc8c7[nH]c7c9c(c%10ccccc%10c78)CCC=C9)cccc6c5c4)c3)cc2)n1. The Bertz CT molecular complexity index is 3880. The second-order valence-electron chi connectivity index (χ2n) is 16.8. The Morgan fingerprint density at radius 2 is 1.02 bits per heavy atom. The first-order chi connectivity index (χ1) is 32.1. The molecule has 0 atom stereocenters. The molecule has 65 heavy (non-hydrogen) atoms. The molecule has 13 rings (SSSR count). The van der Waals surface area contributed by atoms with Crippen LogP contribution >= 0.6 is 11.6 Å². The second-order valence-corrected chi connectivity index (χ2v) is 17.2. The van der Waals surface area contributed by atoms with Crippen LogP contribution in [0.4, 0.5) is 0 Å². The summed E-state index contributed by atoms with van der Waals surface area (Å²) in [4.78, 5) is 17.7. The summed E-state index contributed by atoms with van der Waals surface area (Å²) >= 11 is 6.48. The fourth-order valence-electron chi connectivity index (χ4n) is 10.00. The van der Waals surface area contributed by atoms with Gasteiger partial charge in [0.1, 0.15) is 11.2 Å². The van der Waals surface area contributed by atoms with Crippen LogP contribution in [0.1, 0.15) is 17.5 Å². The van der Waals surface area contributed by atoms with E-state index in [1.165, 1.54) is 38.2 Å². The summed E-state index contributed by atoms with van der Waals surface area (Å²) in [5.41, 5.74) is 17.5. The molecular weight excluding hydrogens is 816 g/mol. The number of nitrogens with zero attached hydrogens (tertiary/aromatic N) is 3. The van der Waals surface area contributed by atoms with Crippen LogP contribution in [0.5, 0.6) is 0 Å². The number of aromatic amines is 1. The lowest BCUT2D eigenvalue weighted by molar-refractivity contribution is 0.670. The van der Waals surface area contributed by atoms with E-state index in [4.69, 9.17) is 21.0 Å². The standard InChI is InChI=1S/C59H37ClN4O/c60-59-63-57(38-27-23-36(24-28-38)35-11-2-1-3-12-35)62-58(64-59)39-29-25-37(26-30-39)40-13-8-14-41(33-40)42-31-32-52-51(34-42)49-21-10-20-48(56(49)65-52)47-19-9-22-50-53-45-17-6-4-15-43(45)44-16-5-7-18-46(44)55(53)61-54(47)50/h1-4,6-15,17-34,61H,5,16H2. The van der Waals surface area contributed by atoms with Gasteiger partial charge in [0.05, 0.1) is 11.0 Å². The maximum atomic E-state index is 6.77. The number of H-pyrrole nitrogens is 1. The highest BCUT2D eigenvalue weighted by Crippen LogP contribution is 2.45. The van der Waals surface area contributed by atoms with Gasteiger partial charge in [-0.15, -0.1) is 0 Å². The van der Waals surface area contributed by atoms with E-state index in [1.54, 1.807) is 0 Å². The number of furan rings is 1. The van der Waals surface area contributed by atoms with E-state index in [-0.39, 0.29) is 5.28 Å². The van der Waals surface area contributed by atoms with Crippen LogP contribution in [0.3, 0.4) is 0 Å². The Labute approximate surface area is 379 Å². The van der Waals surface area contributed by atoms with E-state index < -0.39 is 0 Å². The number of aryl methyl sites for hydroxylation is 1. The molecule has 6 heteroatoms. The average Bonchev–Trinajstić information content (AvgIpc) is 3.96. The summed E-state index contributed by atoms with van der Waals surface area (Å²) < 4.78 is 6.77. The predicted octanol–water partition coefficient (Wildman–Crippen LogP) is 16.2. The molecule has 1 N–H and O–H groups in total. The van der Waals surface area contributed by atoms with Gasteiger partial charge in [0.2, 0.25) is 5.28 Å². The van der Waals surface area contributed by atoms with Gasteiger partial charge >= 0.3 is 0 Å². The van der Waals surface area contributed by atoms with Gasteiger partial charge in [-0.25, -0.2) is 4.98 Å². The van der Waals surface area contributed by atoms with Crippen molar-refractivity contribution in [3.63, 3.8) is 0 Å². The zero-order chi connectivity index (χ0) is 43.0. The number of para-hydroxylation sites is 2. The second kappa shape index (κ2) is 15.0. The highest BCUT2D eigenvalue weighted by Gasteiger charge is 2.22. The van der Waals surface area contributed by atoms with Crippen molar-refractivity contribution < 1.29 is 4.42 Å². The third kappa shape index (κ3) is 6.27. The lowest BCUT2D eigenvalue weighted by atomic mass is 9.88. The molecule has 9 aromatic carbocycles. The molecule has 0 bridgehead atoms. The Hall–Kier alpha value is -8.12. The molecule has 0 unspecified atom stereocenters. The number of benzene rings is 9. The van der Waals surface area contributed by atoms with Crippen LogP contribution in [0, 0.1) is 0 Å². The van der Waals surface area contributed by atoms with Crippen molar-refractivity contribution in [1.29, 1.82) is 0 Å². The summed E-state index contributed by atoms with van der Waals surface area (Å²) in [6, 6.07) is 64.0. The van der Waals surface area contributed by atoms with Crippen molar-refractivity contribution in [3.05, 3.63) is 204 Å². The Balaban J connectivity index is 0.827. The molecule has 3 heterocycles. The van der Waals surface area contributed by atoms with E-state index >= 15 is 0 Å². The molecule has 1 aliphatic rings. The predicted molar refractivity (Wildman–Crippen MR) is 269 cm³/mol. The van der Waals surface area contributed by atoms with Gasteiger partial charge in [0, 0.05) is 49.4 Å². The Morgan fingerprint density at radius 1 is 0.446 bits per heavy atom. The van der Waals surface area contributed by atoms with Crippen LogP contribution in [-0.4, -0.2) is 19.9 Å². The molecule has 3 aromatic heterocycles. The van der Waals surface area contributed by atoms with Crippen LogP contribution in [0.25, 0.3) is 128 Å². The van der Waals surface area contributed by atoms with Gasteiger partial charge in [0.25, 0.3) is 0 Å². The van der Waals surface area contributed by atoms with E-state index in [0.29, 0.717) is 11.6 Å². The monoisotopic (exact) mass is 852 g/mol. The quantitative estimate of drug-likeness (QED) is 0.181. The lowest BCUT2D eigenvalue weighted by Crippen LogP contribution is -1.97. The van der Waals surface area contributed by atoms with Crippen LogP contribution < -0.4 is 0 Å². The van der Waals surface area contributed by atoms with E-state index in [1.807, 2.05) is 42.5 Å². The number of hydrogen-bond donors (Lipinski definition) is 1. The van der Waals surface area contributed by atoms with E-state index in [0.717, 1.165) is 95.9 Å². The van der Waals surface area contributed by atoms with Crippen molar-refractivity contribution in [2.24, 2.45) is 0 Å². The van der Waals surface area contributed by atoms with Gasteiger partial charge in [-0.3, -0.25) is 0 Å². The molecule has 0 aliphatic heterocycles. The molecule has 0 saturated heterocycles. The molecule has 0 saturated carbocycles. The normalized spacial score (nSPS) is 12.5. The number of rotatable bonds is 6. The molecule has 0 amide bonds. The smallest absolute Gasteiger partial charge is 0.226 e. The number of aromatic nitrogens is 4. The van der Waals surface area contributed by atoms with Crippen molar-refractivity contribution in [2.45, 2.75) is 12.8 Å². The van der Waals surface area contributed by atoms with Crippen molar-refractivity contribution in [2.75, 3.05) is 0 Å². The number of hydrogen-bond acceptors (Lipinski definition) is 4. The summed E-state index contributed by atoms with van der Waals surface area (Å²) in [7, 11) is 0. The fourth-order valence-corrected chi connectivity index (χ4v) is 10.2. The van der Waals surface area contributed by atoms with Gasteiger partial charge < -0.3 is 9.40 Å². The Morgan fingerprint density at radius 3 is 1.78 bits per heavy atom. The Kier molecular flexibility index (Phi) is 8.65. The minimum Gasteiger partial charge on any atom is -0.455 e. The maximum absolute atomic E-state index is 6.77. The largest absolute Gasteiger partial charge is 0.455 e. The fraction of sp³-hybridized carbons (Fsp3) is 0.0339. The molecule has 12 aromatic rings. The number of nitrogens with one attached hydrogen (secondary N) is 1. The van der Waals surface area contributed by atoms with E-state index in [9.17, 15) is 0 Å². The van der Waals surface area contributed by atoms with Crippen LogP contribution in [-0.2, 0) is 6.42 Å². The van der Waals surface area contributed by atoms with Crippen molar-refractivity contribution in [1.82, 2.24) is 19.9 Å². The third-order valence-electron chi connectivity index (χ3n) is 13.1. The average molecular weight is 853 g/mol.